The fourth-order valence-corrected chi connectivity index (χ4v) is 3.81. The first-order chi connectivity index (χ1) is 12.4. The molecule has 0 amide bonds. The second-order valence-electron chi connectivity index (χ2n) is 9.01. The van der Waals surface area contributed by atoms with Gasteiger partial charge in [0.05, 0.1) is 19.4 Å². The monoisotopic (exact) mass is 351 g/mol. The summed E-state index contributed by atoms with van der Waals surface area (Å²) in [5, 5.41) is 9.84. The van der Waals surface area contributed by atoms with Gasteiger partial charge >= 0.3 is 0 Å². The Kier molecular flexibility index (Phi) is 4.11. The minimum Gasteiger partial charge on any atom is -0.496 e. The first kappa shape index (κ1) is 17.5. The maximum atomic E-state index is 9.84. The third-order valence-electron chi connectivity index (χ3n) is 5.88. The number of hydrogen-bond donors (Lipinski definition) is 1. The third kappa shape index (κ3) is 3.03. The summed E-state index contributed by atoms with van der Waals surface area (Å²) in [6.07, 6.45) is 4.63. The van der Waals surface area contributed by atoms with Gasteiger partial charge in [-0.2, -0.15) is 0 Å². The van der Waals surface area contributed by atoms with Crippen LogP contribution in [0.4, 0.5) is 0 Å². The molecular weight excluding hydrogens is 322 g/mol. The van der Waals surface area contributed by atoms with E-state index in [0.29, 0.717) is 5.92 Å². The lowest BCUT2D eigenvalue weighted by atomic mass is 9.84. The van der Waals surface area contributed by atoms with Crippen molar-refractivity contribution in [1.29, 1.82) is 0 Å². The molecule has 1 aromatic carbocycles. The Morgan fingerprint density at radius 2 is 1.85 bits per heavy atom. The van der Waals surface area contributed by atoms with Gasteiger partial charge in [-0.3, -0.25) is 4.98 Å². The fraction of sp³-hybridized carbons (Fsp3) is 0.522. The number of nitrogens with zero attached hydrogens (tertiary/aromatic N) is 1. The van der Waals surface area contributed by atoms with Crippen LogP contribution in [-0.4, -0.2) is 23.8 Å². The number of rotatable bonds is 5. The average molecular weight is 351 g/mol. The molecule has 2 aliphatic rings. The summed E-state index contributed by atoms with van der Waals surface area (Å²) in [6, 6.07) is 10.8. The van der Waals surface area contributed by atoms with Gasteiger partial charge in [-0.15, -0.1) is 0 Å². The average Bonchev–Trinajstić information content (AvgIpc) is 3.54. The van der Waals surface area contributed by atoms with Gasteiger partial charge < -0.3 is 9.84 Å². The number of methoxy groups -OCH3 is 1. The molecule has 3 heteroatoms. The van der Waals surface area contributed by atoms with E-state index in [9.17, 15) is 5.11 Å². The molecule has 0 radical (unpaired) electrons. The molecule has 0 atom stereocenters. The molecule has 1 heterocycles. The smallest absolute Gasteiger partial charge is 0.126 e. The highest BCUT2D eigenvalue weighted by Crippen LogP contribution is 2.50. The lowest BCUT2D eigenvalue weighted by Crippen LogP contribution is -2.17. The van der Waals surface area contributed by atoms with E-state index in [0.717, 1.165) is 35.4 Å². The summed E-state index contributed by atoms with van der Waals surface area (Å²) in [7, 11) is 1.72. The summed E-state index contributed by atoms with van der Waals surface area (Å²) < 4.78 is 5.69. The molecule has 0 bridgehead atoms. The quantitative estimate of drug-likeness (QED) is 0.828. The number of hydrogen-bond acceptors (Lipinski definition) is 3. The molecule has 1 aromatic heterocycles. The predicted octanol–water partition coefficient (Wildman–Crippen LogP) is 4.96. The molecule has 138 valence electrons. The largest absolute Gasteiger partial charge is 0.496 e. The van der Waals surface area contributed by atoms with E-state index in [4.69, 9.17) is 9.72 Å². The zero-order chi connectivity index (χ0) is 18.5. The van der Waals surface area contributed by atoms with Crippen LogP contribution in [0.1, 0.15) is 69.3 Å². The van der Waals surface area contributed by atoms with Gasteiger partial charge in [0.25, 0.3) is 0 Å². The molecular formula is C23H29NO2. The van der Waals surface area contributed by atoms with Gasteiger partial charge in [0.1, 0.15) is 5.75 Å². The molecule has 2 saturated carbocycles. The van der Waals surface area contributed by atoms with Crippen LogP contribution >= 0.6 is 0 Å². The van der Waals surface area contributed by atoms with Crippen LogP contribution in [0.2, 0.25) is 0 Å². The molecule has 3 nitrogen and oxygen atoms in total. The van der Waals surface area contributed by atoms with Crippen molar-refractivity contribution >= 4 is 0 Å². The number of ether oxygens (including phenoxy) is 1. The van der Waals surface area contributed by atoms with Crippen molar-refractivity contribution in [2.75, 3.05) is 13.7 Å². The van der Waals surface area contributed by atoms with Crippen molar-refractivity contribution in [1.82, 2.24) is 4.98 Å². The van der Waals surface area contributed by atoms with E-state index in [-0.39, 0.29) is 17.4 Å². The molecule has 1 N–H and O–H groups in total. The number of aliphatic hydroxyl groups excluding tert-OH is 1. The summed E-state index contributed by atoms with van der Waals surface area (Å²) >= 11 is 0. The Morgan fingerprint density at radius 1 is 1.12 bits per heavy atom. The molecule has 0 aliphatic heterocycles. The van der Waals surface area contributed by atoms with E-state index in [1.54, 1.807) is 7.11 Å². The number of aromatic nitrogens is 1. The molecule has 2 aliphatic carbocycles. The van der Waals surface area contributed by atoms with Gasteiger partial charge in [0, 0.05) is 33.6 Å². The zero-order valence-corrected chi connectivity index (χ0v) is 16.3. The third-order valence-corrected chi connectivity index (χ3v) is 5.88. The van der Waals surface area contributed by atoms with E-state index in [1.807, 2.05) is 6.07 Å². The van der Waals surface area contributed by atoms with Crippen LogP contribution in [0.25, 0.3) is 11.1 Å². The summed E-state index contributed by atoms with van der Waals surface area (Å²) in [5.74, 6) is 1.51. The lowest BCUT2D eigenvalue weighted by Gasteiger charge is -2.24. The zero-order valence-electron chi connectivity index (χ0n) is 16.3. The molecule has 26 heavy (non-hydrogen) atoms. The van der Waals surface area contributed by atoms with E-state index in [2.05, 4.69) is 45.0 Å². The molecule has 0 unspecified atom stereocenters. The lowest BCUT2D eigenvalue weighted by molar-refractivity contribution is 0.255. The second kappa shape index (κ2) is 6.09. The predicted molar refractivity (Wildman–Crippen MR) is 105 cm³/mol. The van der Waals surface area contributed by atoms with Crippen molar-refractivity contribution in [2.45, 2.75) is 63.2 Å². The van der Waals surface area contributed by atoms with Crippen LogP contribution in [-0.2, 0) is 10.8 Å². The van der Waals surface area contributed by atoms with Crippen LogP contribution in [0.3, 0.4) is 0 Å². The molecule has 4 rings (SSSR count). The number of pyridine rings is 1. The highest BCUT2D eigenvalue weighted by molar-refractivity contribution is 5.74. The first-order valence-corrected chi connectivity index (χ1v) is 9.69. The van der Waals surface area contributed by atoms with Crippen molar-refractivity contribution in [2.24, 2.45) is 0 Å². The van der Waals surface area contributed by atoms with Gasteiger partial charge in [-0.1, -0.05) is 32.9 Å². The summed E-state index contributed by atoms with van der Waals surface area (Å²) in [5.41, 5.74) is 5.70. The number of benzene rings is 1. The topological polar surface area (TPSA) is 42.4 Å². The van der Waals surface area contributed by atoms with Crippen molar-refractivity contribution < 1.29 is 9.84 Å². The molecule has 2 aromatic rings. The minimum atomic E-state index is -0.0513. The Morgan fingerprint density at radius 3 is 2.38 bits per heavy atom. The Bertz CT molecular complexity index is 827. The summed E-state index contributed by atoms with van der Waals surface area (Å²) in [4.78, 5) is 5.08. The summed E-state index contributed by atoms with van der Waals surface area (Å²) in [6.45, 7) is 6.88. The van der Waals surface area contributed by atoms with E-state index in [1.165, 1.54) is 24.1 Å². The standard InChI is InChI=1S/C23H29NO2/c1-22(2,3)21-17(8-9-19(24-21)15-5-6-15)18-13-16(7-10-20(18)26-4)23(14-25)11-12-23/h7-10,13,15,25H,5-6,11-12,14H2,1-4H3. The Balaban J connectivity index is 1.87. The number of aliphatic hydroxyl groups is 1. The normalized spacial score (nSPS) is 18.7. The van der Waals surface area contributed by atoms with E-state index < -0.39 is 0 Å². The Hall–Kier alpha value is -1.87. The van der Waals surface area contributed by atoms with Gasteiger partial charge in [0.15, 0.2) is 0 Å². The second-order valence-corrected chi connectivity index (χ2v) is 9.01. The maximum absolute atomic E-state index is 9.84. The van der Waals surface area contributed by atoms with Crippen LogP contribution in [0.5, 0.6) is 5.75 Å². The van der Waals surface area contributed by atoms with Crippen molar-refractivity contribution in [3.63, 3.8) is 0 Å². The van der Waals surface area contributed by atoms with Gasteiger partial charge in [-0.05, 0) is 49.4 Å². The van der Waals surface area contributed by atoms with E-state index >= 15 is 0 Å². The van der Waals surface area contributed by atoms with Crippen LogP contribution < -0.4 is 4.74 Å². The molecule has 2 fully saturated rings. The SMILES string of the molecule is COc1ccc(C2(CO)CC2)cc1-c1ccc(C2CC2)nc1C(C)(C)C. The minimum absolute atomic E-state index is 0.0461. The van der Waals surface area contributed by atoms with Crippen molar-refractivity contribution in [3.05, 3.63) is 47.3 Å². The van der Waals surface area contributed by atoms with Gasteiger partial charge in [0.2, 0.25) is 0 Å². The Labute approximate surface area is 156 Å². The molecule has 0 saturated heterocycles. The maximum Gasteiger partial charge on any atom is 0.126 e. The van der Waals surface area contributed by atoms with Gasteiger partial charge in [-0.25, -0.2) is 0 Å². The van der Waals surface area contributed by atoms with Crippen LogP contribution in [0.15, 0.2) is 30.3 Å². The first-order valence-electron chi connectivity index (χ1n) is 9.69. The van der Waals surface area contributed by atoms with Crippen LogP contribution in [0, 0.1) is 0 Å². The molecule has 0 spiro atoms. The van der Waals surface area contributed by atoms with Crippen molar-refractivity contribution in [3.8, 4) is 16.9 Å². The highest BCUT2D eigenvalue weighted by atomic mass is 16.5. The highest BCUT2D eigenvalue weighted by Gasteiger charge is 2.44. The fourth-order valence-electron chi connectivity index (χ4n) is 3.81.